The van der Waals surface area contributed by atoms with Crippen molar-refractivity contribution in [2.24, 2.45) is 0 Å². The van der Waals surface area contributed by atoms with E-state index in [1.54, 1.807) is 0 Å². The van der Waals surface area contributed by atoms with Crippen molar-refractivity contribution in [2.45, 2.75) is 0 Å². The van der Waals surface area contributed by atoms with E-state index in [1.807, 2.05) is 0 Å². The van der Waals surface area contributed by atoms with Crippen molar-refractivity contribution in [1.29, 1.82) is 5.41 Å². The second kappa shape index (κ2) is 3.28. The van der Waals surface area contributed by atoms with Gasteiger partial charge in [-0.2, -0.15) is 0 Å². The Labute approximate surface area is 60.3 Å². The molecular formula is C5H3NO5. The molecule has 0 saturated carbocycles. The molecule has 0 aromatic carbocycles. The van der Waals surface area contributed by atoms with Crippen LogP contribution in [0.2, 0.25) is 0 Å². The first-order valence-electron chi connectivity index (χ1n) is 2.31. The number of carbonyl (C=O) groups is 3. The van der Waals surface area contributed by atoms with Crippen molar-refractivity contribution < 1.29 is 24.6 Å². The van der Waals surface area contributed by atoms with Gasteiger partial charge in [-0.15, -0.1) is 0 Å². The quantitative estimate of drug-likeness (QED) is 0.158. The first-order chi connectivity index (χ1) is 5.00. The molecule has 0 spiro atoms. The van der Waals surface area contributed by atoms with E-state index in [0.29, 0.717) is 0 Å². The Morgan fingerprint density at radius 1 is 1.09 bits per heavy atom. The van der Waals surface area contributed by atoms with Crippen LogP contribution in [-0.2, 0) is 14.4 Å². The van der Waals surface area contributed by atoms with Gasteiger partial charge in [0.15, 0.2) is 5.57 Å². The smallest absolute Gasteiger partial charge is 0.378 e. The summed E-state index contributed by atoms with van der Waals surface area (Å²) in [5, 5.41) is 22.3. The number of carbonyl (C=O) groups excluding carboxylic acids is 1. The Morgan fingerprint density at radius 2 is 1.55 bits per heavy atom. The minimum atomic E-state index is -1.91. The van der Waals surface area contributed by atoms with Gasteiger partial charge in [-0.25, -0.2) is 9.59 Å². The van der Waals surface area contributed by atoms with Gasteiger partial charge in [0, 0.05) is 0 Å². The van der Waals surface area contributed by atoms with E-state index in [0.717, 1.165) is 0 Å². The number of rotatable bonds is 3. The second-order valence-corrected chi connectivity index (χ2v) is 1.44. The summed E-state index contributed by atoms with van der Waals surface area (Å²) < 4.78 is 0. The van der Waals surface area contributed by atoms with Crippen LogP contribution in [0.1, 0.15) is 0 Å². The average Bonchev–Trinajstić information content (AvgIpc) is 1.88. The standard InChI is InChI=1S/C5H3NO5/c6-1-2(4(8)9)3(7)5(10)11/h6H,(H,8,9)(H,10,11). The van der Waals surface area contributed by atoms with E-state index in [2.05, 4.69) is 0 Å². The molecule has 0 amide bonds. The Bertz CT molecular complexity index is 273. The van der Waals surface area contributed by atoms with E-state index < -0.39 is 23.3 Å². The Kier molecular flexibility index (Phi) is 2.71. The maximum absolute atomic E-state index is 10.3. The van der Waals surface area contributed by atoms with E-state index in [-0.39, 0.29) is 0 Å². The molecule has 0 saturated heterocycles. The van der Waals surface area contributed by atoms with Crippen LogP contribution >= 0.6 is 0 Å². The summed E-state index contributed by atoms with van der Waals surface area (Å²) in [6.45, 7) is 0. The van der Waals surface area contributed by atoms with Crippen LogP contribution in [0.3, 0.4) is 0 Å². The zero-order valence-electron chi connectivity index (χ0n) is 5.12. The van der Waals surface area contributed by atoms with Crippen LogP contribution in [0.25, 0.3) is 0 Å². The molecule has 0 aromatic heterocycles. The summed E-state index contributed by atoms with van der Waals surface area (Å²) in [5.74, 6) is -4.11. The van der Waals surface area contributed by atoms with Crippen molar-refractivity contribution in [3.05, 3.63) is 5.57 Å². The van der Waals surface area contributed by atoms with E-state index >= 15 is 0 Å². The highest BCUT2D eigenvalue weighted by atomic mass is 16.4. The van der Waals surface area contributed by atoms with Crippen molar-refractivity contribution in [2.75, 3.05) is 0 Å². The van der Waals surface area contributed by atoms with Gasteiger partial charge in [-0.3, -0.25) is 10.2 Å². The van der Waals surface area contributed by atoms with Gasteiger partial charge in [-0.05, 0) is 5.87 Å². The van der Waals surface area contributed by atoms with Crippen molar-refractivity contribution in [3.8, 4) is 0 Å². The normalized spacial score (nSPS) is 8.00. The third-order valence-electron chi connectivity index (χ3n) is 0.760. The van der Waals surface area contributed by atoms with Gasteiger partial charge in [0.2, 0.25) is 0 Å². The summed E-state index contributed by atoms with van der Waals surface area (Å²) in [4.78, 5) is 30.1. The zero-order valence-corrected chi connectivity index (χ0v) is 5.12. The lowest BCUT2D eigenvalue weighted by atomic mass is 10.2. The molecule has 11 heavy (non-hydrogen) atoms. The van der Waals surface area contributed by atoms with Crippen LogP contribution in [0, 0.1) is 5.41 Å². The summed E-state index contributed by atoms with van der Waals surface area (Å²) in [5.41, 5.74) is -1.18. The fourth-order valence-electron chi connectivity index (χ4n) is 0.314. The topological polar surface area (TPSA) is 116 Å². The number of Topliss-reactive ketones (excluding diaryl/α,β-unsaturated/α-hetero) is 1. The van der Waals surface area contributed by atoms with Crippen LogP contribution in [0.5, 0.6) is 0 Å². The third-order valence-corrected chi connectivity index (χ3v) is 0.760. The molecule has 0 aliphatic rings. The van der Waals surface area contributed by atoms with Gasteiger partial charge in [0.1, 0.15) is 0 Å². The van der Waals surface area contributed by atoms with Gasteiger partial charge < -0.3 is 10.2 Å². The van der Waals surface area contributed by atoms with Gasteiger partial charge in [-0.1, -0.05) is 0 Å². The van der Waals surface area contributed by atoms with Gasteiger partial charge in [0.25, 0.3) is 5.78 Å². The number of carboxylic acids is 2. The van der Waals surface area contributed by atoms with Crippen molar-refractivity contribution >= 4 is 23.6 Å². The minimum Gasteiger partial charge on any atom is -0.477 e. The van der Waals surface area contributed by atoms with Crippen LogP contribution in [0.4, 0.5) is 0 Å². The monoisotopic (exact) mass is 157 g/mol. The number of nitrogens with one attached hydrogen (secondary N) is 1. The number of hydrogen-bond acceptors (Lipinski definition) is 4. The fraction of sp³-hybridized carbons (Fsp3) is 0. The third kappa shape index (κ3) is 2.04. The molecule has 0 bridgehead atoms. The molecule has 0 radical (unpaired) electrons. The summed E-state index contributed by atoms with van der Waals surface area (Å²) in [7, 11) is 0. The van der Waals surface area contributed by atoms with E-state index in [1.165, 1.54) is 5.87 Å². The molecule has 0 rings (SSSR count). The van der Waals surface area contributed by atoms with Crippen LogP contribution in [0.15, 0.2) is 5.57 Å². The van der Waals surface area contributed by atoms with Gasteiger partial charge >= 0.3 is 11.9 Å². The molecule has 0 aliphatic carbocycles. The van der Waals surface area contributed by atoms with E-state index in [4.69, 9.17) is 15.6 Å². The average molecular weight is 157 g/mol. The molecule has 3 N–H and O–H groups in total. The molecule has 0 aromatic rings. The van der Waals surface area contributed by atoms with Crippen LogP contribution < -0.4 is 0 Å². The molecule has 0 unspecified atom stereocenters. The maximum Gasteiger partial charge on any atom is 0.378 e. The van der Waals surface area contributed by atoms with Crippen molar-refractivity contribution in [1.82, 2.24) is 0 Å². The highest BCUT2D eigenvalue weighted by Crippen LogP contribution is 1.90. The molecule has 6 heteroatoms. The minimum absolute atomic E-state index is 1.18. The number of hydrogen-bond donors (Lipinski definition) is 3. The second-order valence-electron chi connectivity index (χ2n) is 1.44. The molecule has 0 fully saturated rings. The molecule has 58 valence electrons. The molecular weight excluding hydrogens is 154 g/mol. The number of ketones is 1. The van der Waals surface area contributed by atoms with E-state index in [9.17, 15) is 14.4 Å². The highest BCUT2D eigenvalue weighted by molar-refractivity contribution is 6.48. The highest BCUT2D eigenvalue weighted by Gasteiger charge is 2.23. The maximum atomic E-state index is 10.3. The summed E-state index contributed by atoms with van der Waals surface area (Å²) in [6.07, 6.45) is 0. The predicted octanol–water partition coefficient (Wildman–Crippen LogP) is -1.10. The number of aliphatic carboxylic acids is 2. The van der Waals surface area contributed by atoms with Crippen molar-refractivity contribution in [3.63, 3.8) is 0 Å². The summed E-state index contributed by atoms with van der Waals surface area (Å²) >= 11 is 0. The first kappa shape index (κ1) is 9.06. The van der Waals surface area contributed by atoms with Gasteiger partial charge in [0.05, 0.1) is 0 Å². The number of carboxylic acid groups (broad SMARTS) is 2. The predicted molar refractivity (Wildman–Crippen MR) is 31.5 cm³/mol. The fourth-order valence-corrected chi connectivity index (χ4v) is 0.314. The lowest BCUT2D eigenvalue weighted by Crippen LogP contribution is -2.21. The Hall–Kier alpha value is -1.94. The Morgan fingerprint density at radius 3 is 1.64 bits per heavy atom. The zero-order chi connectivity index (χ0) is 9.02. The molecule has 0 heterocycles. The molecule has 0 aliphatic heterocycles. The molecule has 0 atom stereocenters. The SMILES string of the molecule is N=C=C(C(=O)O)C(=O)C(=O)O. The lowest BCUT2D eigenvalue weighted by Gasteiger charge is -1.89. The Balaban J connectivity index is 4.85. The summed E-state index contributed by atoms with van der Waals surface area (Å²) in [6, 6.07) is 0. The lowest BCUT2D eigenvalue weighted by molar-refractivity contribution is -0.149. The molecule has 6 nitrogen and oxygen atoms in total. The van der Waals surface area contributed by atoms with Crippen LogP contribution in [-0.4, -0.2) is 33.8 Å². The largest absolute Gasteiger partial charge is 0.477 e. The first-order valence-corrected chi connectivity index (χ1v) is 2.31.